The number of benzene rings is 2. The Bertz CT molecular complexity index is 830. The summed E-state index contributed by atoms with van der Waals surface area (Å²) in [6, 6.07) is 15.0. The molecular formula is C22H26N2O5. The lowest BCUT2D eigenvalue weighted by Gasteiger charge is -2.43. The number of nitrogens with zero attached hydrogens (tertiary/aromatic N) is 2. The maximum atomic E-state index is 12.3. The van der Waals surface area contributed by atoms with Crippen molar-refractivity contribution in [3.05, 3.63) is 92.0 Å². The van der Waals surface area contributed by atoms with Crippen LogP contribution in [-0.2, 0) is 0 Å². The van der Waals surface area contributed by atoms with Crippen molar-refractivity contribution in [2.24, 2.45) is 5.92 Å². The first-order valence-corrected chi connectivity index (χ1v) is 10.0. The number of hydrogen-bond donors (Lipinski definition) is 1. The van der Waals surface area contributed by atoms with E-state index in [2.05, 4.69) is 0 Å². The molecule has 2 aromatic carbocycles. The molecule has 0 heterocycles. The summed E-state index contributed by atoms with van der Waals surface area (Å²) >= 11 is 0. The molecule has 0 saturated heterocycles. The largest absolute Gasteiger partial charge is 0.386 e. The van der Waals surface area contributed by atoms with E-state index in [1.807, 2.05) is 37.3 Å². The van der Waals surface area contributed by atoms with Gasteiger partial charge in [-0.1, -0.05) is 80.4 Å². The summed E-state index contributed by atoms with van der Waals surface area (Å²) in [4.78, 5) is 23.4. The van der Waals surface area contributed by atoms with Gasteiger partial charge in [-0.3, -0.25) is 20.2 Å². The highest BCUT2D eigenvalue weighted by atomic mass is 16.6. The molecule has 0 aliphatic heterocycles. The van der Waals surface area contributed by atoms with Gasteiger partial charge in [0.05, 0.1) is 5.92 Å². The van der Waals surface area contributed by atoms with Crippen molar-refractivity contribution >= 4 is 0 Å². The number of rotatable bonds is 7. The van der Waals surface area contributed by atoms with Gasteiger partial charge in [0, 0.05) is 15.8 Å². The van der Waals surface area contributed by atoms with Crippen molar-refractivity contribution < 1.29 is 15.0 Å². The average molecular weight is 398 g/mol. The number of hydrogen-bond acceptors (Lipinski definition) is 5. The minimum atomic E-state index is -1.42. The van der Waals surface area contributed by atoms with Crippen LogP contribution in [0.1, 0.15) is 49.1 Å². The predicted molar refractivity (Wildman–Crippen MR) is 109 cm³/mol. The van der Waals surface area contributed by atoms with Crippen molar-refractivity contribution in [3.8, 4) is 0 Å². The maximum absolute atomic E-state index is 12.3. The summed E-state index contributed by atoms with van der Waals surface area (Å²) in [5, 5.41) is 35.4. The molecule has 1 fully saturated rings. The fraction of sp³-hybridized carbons (Fsp3) is 0.455. The van der Waals surface area contributed by atoms with Gasteiger partial charge in [0.15, 0.2) is 0 Å². The Labute approximate surface area is 169 Å². The predicted octanol–water partition coefficient (Wildman–Crippen LogP) is 4.03. The van der Waals surface area contributed by atoms with Crippen LogP contribution in [0.2, 0.25) is 0 Å². The molecule has 1 saturated carbocycles. The Morgan fingerprint density at radius 3 is 1.76 bits per heavy atom. The van der Waals surface area contributed by atoms with Gasteiger partial charge in [-0.25, -0.2) is 0 Å². The van der Waals surface area contributed by atoms with Crippen LogP contribution in [0, 0.1) is 26.1 Å². The van der Waals surface area contributed by atoms with Crippen LogP contribution in [0.4, 0.5) is 0 Å². The minimum Gasteiger partial charge on any atom is -0.386 e. The zero-order valence-corrected chi connectivity index (χ0v) is 16.3. The van der Waals surface area contributed by atoms with Crippen LogP contribution in [0.25, 0.3) is 0 Å². The summed E-state index contributed by atoms with van der Waals surface area (Å²) < 4.78 is 0. The van der Waals surface area contributed by atoms with Crippen LogP contribution in [0.3, 0.4) is 0 Å². The highest BCUT2D eigenvalue weighted by Gasteiger charge is 2.61. The summed E-state index contributed by atoms with van der Waals surface area (Å²) in [6.45, 7) is 2.00. The van der Waals surface area contributed by atoms with E-state index in [9.17, 15) is 25.3 Å². The van der Waals surface area contributed by atoms with Gasteiger partial charge < -0.3 is 5.11 Å². The molecule has 1 N–H and O–H groups in total. The zero-order chi connectivity index (χ0) is 21.0. The van der Waals surface area contributed by atoms with Crippen molar-refractivity contribution in [2.45, 2.75) is 56.2 Å². The highest BCUT2D eigenvalue weighted by molar-refractivity contribution is 5.31. The van der Waals surface area contributed by atoms with Gasteiger partial charge in [0.2, 0.25) is 6.04 Å². The molecule has 0 amide bonds. The van der Waals surface area contributed by atoms with Gasteiger partial charge in [0.1, 0.15) is 12.0 Å². The standard InChI is InChI=1S/C22H26N2O5/c1-2-3-14-17-18(15-10-6-4-7-11-15)20(23(26)27)19(16-12-8-5-9-13-16)21(22(17)25)24(28)29/h4-13,17-22,25H,2-3,14H2,1H3/t17-,18-,19-,20-,21+,22-/m1/s1. The molecule has 7 nitrogen and oxygen atoms in total. The third-order valence-corrected chi connectivity index (χ3v) is 6.10. The van der Waals surface area contributed by atoms with Crippen LogP contribution >= 0.6 is 0 Å². The molecule has 0 radical (unpaired) electrons. The lowest BCUT2D eigenvalue weighted by molar-refractivity contribution is -0.588. The molecule has 6 atom stereocenters. The first-order chi connectivity index (χ1) is 14.0. The van der Waals surface area contributed by atoms with Crippen molar-refractivity contribution in [3.63, 3.8) is 0 Å². The van der Waals surface area contributed by atoms with E-state index in [-0.39, 0.29) is 4.92 Å². The van der Waals surface area contributed by atoms with E-state index in [1.54, 1.807) is 30.3 Å². The number of aliphatic hydroxyl groups is 1. The fourth-order valence-corrected chi connectivity index (χ4v) is 4.85. The third-order valence-electron chi connectivity index (χ3n) is 6.10. The van der Waals surface area contributed by atoms with E-state index in [0.29, 0.717) is 12.0 Å². The van der Waals surface area contributed by atoms with E-state index in [0.717, 1.165) is 18.4 Å². The van der Waals surface area contributed by atoms with Crippen molar-refractivity contribution in [1.29, 1.82) is 0 Å². The molecule has 29 heavy (non-hydrogen) atoms. The topological polar surface area (TPSA) is 107 Å². The van der Waals surface area contributed by atoms with Gasteiger partial charge >= 0.3 is 0 Å². The van der Waals surface area contributed by atoms with Gasteiger partial charge in [-0.2, -0.15) is 0 Å². The molecule has 0 aromatic heterocycles. The normalized spacial score (nSPS) is 29.3. The zero-order valence-electron chi connectivity index (χ0n) is 16.3. The molecule has 0 bridgehead atoms. The average Bonchev–Trinajstić information content (AvgIpc) is 2.72. The second-order valence-corrected chi connectivity index (χ2v) is 7.72. The van der Waals surface area contributed by atoms with Gasteiger partial charge in [0.25, 0.3) is 6.04 Å². The minimum absolute atomic E-state index is 0.378. The molecule has 1 aliphatic carbocycles. The lowest BCUT2D eigenvalue weighted by Crippen LogP contribution is -2.58. The third kappa shape index (κ3) is 4.15. The lowest BCUT2D eigenvalue weighted by atomic mass is 9.61. The second-order valence-electron chi connectivity index (χ2n) is 7.72. The first-order valence-electron chi connectivity index (χ1n) is 10.0. The van der Waals surface area contributed by atoms with E-state index < -0.39 is 40.9 Å². The number of nitro groups is 2. The van der Waals surface area contributed by atoms with Crippen LogP contribution in [0.5, 0.6) is 0 Å². The molecule has 2 aromatic rings. The molecule has 0 spiro atoms. The maximum Gasteiger partial charge on any atom is 0.252 e. The Kier molecular flexibility index (Phi) is 6.59. The molecule has 1 aliphatic rings. The smallest absolute Gasteiger partial charge is 0.252 e. The molecule has 154 valence electrons. The molecule has 7 heteroatoms. The van der Waals surface area contributed by atoms with E-state index in [1.165, 1.54) is 0 Å². The van der Waals surface area contributed by atoms with Crippen LogP contribution in [0.15, 0.2) is 60.7 Å². The number of unbranched alkanes of at least 4 members (excludes halogenated alkanes) is 1. The summed E-state index contributed by atoms with van der Waals surface area (Å²) in [7, 11) is 0. The summed E-state index contributed by atoms with van der Waals surface area (Å²) in [5.41, 5.74) is 1.27. The van der Waals surface area contributed by atoms with Crippen molar-refractivity contribution in [2.75, 3.05) is 0 Å². The quantitative estimate of drug-likeness (QED) is 0.560. The Morgan fingerprint density at radius 1 is 0.828 bits per heavy atom. The Hall–Kier alpha value is -2.80. The van der Waals surface area contributed by atoms with E-state index in [4.69, 9.17) is 0 Å². The second kappa shape index (κ2) is 9.13. The summed E-state index contributed by atoms with van der Waals surface area (Å²) in [5.74, 6) is -2.17. The SMILES string of the molecule is CCCC[C@H]1[C@@H](O)[C@@H]([N+](=O)[O-])[C@H](c2ccccc2)[C@H]([N+](=O)[O-])[C@@H]1c1ccccc1. The van der Waals surface area contributed by atoms with Gasteiger partial charge in [-0.15, -0.1) is 0 Å². The highest BCUT2D eigenvalue weighted by Crippen LogP contribution is 2.49. The van der Waals surface area contributed by atoms with Crippen molar-refractivity contribution in [1.82, 2.24) is 0 Å². The number of aliphatic hydroxyl groups excluding tert-OH is 1. The van der Waals surface area contributed by atoms with E-state index >= 15 is 0 Å². The Morgan fingerprint density at radius 2 is 1.31 bits per heavy atom. The van der Waals surface area contributed by atoms with Gasteiger partial charge in [-0.05, 0) is 17.5 Å². The Balaban J connectivity index is 2.19. The molecule has 0 unspecified atom stereocenters. The molecule has 3 rings (SSSR count). The monoisotopic (exact) mass is 398 g/mol. The van der Waals surface area contributed by atoms with Crippen LogP contribution < -0.4 is 0 Å². The molecular weight excluding hydrogens is 372 g/mol. The summed E-state index contributed by atoms with van der Waals surface area (Å²) in [6.07, 6.45) is 0.839. The fourth-order valence-electron chi connectivity index (χ4n) is 4.85. The first kappa shape index (κ1) is 20.9. The van der Waals surface area contributed by atoms with Crippen LogP contribution in [-0.4, -0.2) is 33.1 Å².